The smallest absolute Gasteiger partial charge is 0.0738 e. The van der Waals surface area contributed by atoms with Gasteiger partial charge >= 0.3 is 0 Å². The summed E-state index contributed by atoms with van der Waals surface area (Å²) in [6.45, 7) is 1.98. The molecular weight excluding hydrogens is 355 g/mol. The van der Waals surface area contributed by atoms with Crippen LogP contribution in [0.5, 0.6) is 0 Å². The Labute approximate surface area is 129 Å². The zero-order chi connectivity index (χ0) is 13.3. The maximum absolute atomic E-state index is 6.13. The van der Waals surface area contributed by atoms with Crippen molar-refractivity contribution in [3.63, 3.8) is 0 Å². The molecule has 96 valence electrons. The Balaban J connectivity index is 2.19. The molecule has 0 aliphatic rings. The van der Waals surface area contributed by atoms with Crippen LogP contribution in [0.3, 0.4) is 0 Å². The molecule has 0 saturated heterocycles. The lowest BCUT2D eigenvalue weighted by Gasteiger charge is -2.06. The van der Waals surface area contributed by atoms with Gasteiger partial charge in [0.25, 0.3) is 0 Å². The first kappa shape index (κ1) is 14.3. The highest BCUT2D eigenvalue weighted by atomic mass is 79.9. The highest BCUT2D eigenvalue weighted by molar-refractivity contribution is 9.10. The minimum atomic E-state index is 0.696. The molecule has 1 aromatic heterocycles. The molecule has 0 aliphatic heterocycles. The molecule has 0 unspecified atom stereocenters. The average Bonchev–Trinajstić information content (AvgIpc) is 2.55. The Morgan fingerprint density at radius 1 is 1.39 bits per heavy atom. The lowest BCUT2D eigenvalue weighted by molar-refractivity contribution is 0.727. The highest BCUT2D eigenvalue weighted by Crippen LogP contribution is 2.34. The predicted octanol–water partition coefficient (Wildman–Crippen LogP) is 5.09. The fourth-order valence-corrected chi connectivity index (χ4v) is 3.79. The molecule has 0 amide bonds. The lowest BCUT2D eigenvalue weighted by atomic mass is 10.4. The molecule has 0 N–H and O–H groups in total. The number of hydrogen-bond donors (Lipinski definition) is 0. The third-order valence-corrected chi connectivity index (χ3v) is 5.29. The summed E-state index contributed by atoms with van der Waals surface area (Å²) >= 11 is 17.3. The predicted molar refractivity (Wildman–Crippen MR) is 81.7 cm³/mol. The number of halogens is 3. The molecule has 1 heterocycles. The standard InChI is InChI=1S/C12H11BrCl2N2S/c1-7-12(13)10(17(2)16-7)6-18-11-5-8(14)3-4-9(11)15/h3-5H,6H2,1-2H3. The zero-order valence-electron chi connectivity index (χ0n) is 9.88. The molecule has 0 saturated carbocycles. The molecule has 0 fully saturated rings. The van der Waals surface area contributed by atoms with Crippen LogP contribution in [0.4, 0.5) is 0 Å². The second-order valence-corrected chi connectivity index (χ2v) is 6.49. The third-order valence-electron chi connectivity index (χ3n) is 2.52. The third kappa shape index (κ3) is 3.05. The molecule has 0 aliphatic carbocycles. The van der Waals surface area contributed by atoms with Crippen LogP contribution >= 0.6 is 50.9 Å². The van der Waals surface area contributed by atoms with Gasteiger partial charge in [0.15, 0.2) is 0 Å². The van der Waals surface area contributed by atoms with Gasteiger partial charge < -0.3 is 0 Å². The van der Waals surface area contributed by atoms with Crippen molar-refractivity contribution in [2.45, 2.75) is 17.6 Å². The van der Waals surface area contributed by atoms with E-state index in [1.807, 2.05) is 30.8 Å². The largest absolute Gasteiger partial charge is 0.270 e. The lowest BCUT2D eigenvalue weighted by Crippen LogP contribution is -1.96. The van der Waals surface area contributed by atoms with Crippen LogP contribution < -0.4 is 0 Å². The first-order chi connectivity index (χ1) is 8.49. The number of rotatable bonds is 3. The Bertz CT molecular complexity index is 584. The molecule has 0 radical (unpaired) electrons. The number of aryl methyl sites for hydroxylation is 2. The first-order valence-electron chi connectivity index (χ1n) is 5.25. The van der Waals surface area contributed by atoms with Gasteiger partial charge in [-0.05, 0) is 41.1 Å². The fraction of sp³-hybridized carbons (Fsp3) is 0.250. The number of benzene rings is 1. The van der Waals surface area contributed by atoms with Crippen LogP contribution in [-0.4, -0.2) is 9.78 Å². The summed E-state index contributed by atoms with van der Waals surface area (Å²) in [5.74, 6) is 0.790. The van der Waals surface area contributed by atoms with Crippen LogP contribution in [0.1, 0.15) is 11.4 Å². The van der Waals surface area contributed by atoms with Crippen LogP contribution in [0.25, 0.3) is 0 Å². The molecule has 2 rings (SSSR count). The van der Waals surface area contributed by atoms with Gasteiger partial charge in [0.2, 0.25) is 0 Å². The Kier molecular flexibility index (Phi) is 4.64. The number of aromatic nitrogens is 2. The van der Waals surface area contributed by atoms with Crippen LogP contribution in [0.15, 0.2) is 27.6 Å². The van der Waals surface area contributed by atoms with Crippen LogP contribution in [0.2, 0.25) is 10.0 Å². The van der Waals surface area contributed by atoms with Gasteiger partial charge in [0, 0.05) is 22.7 Å². The quantitative estimate of drug-likeness (QED) is 0.705. The highest BCUT2D eigenvalue weighted by Gasteiger charge is 2.11. The molecule has 2 aromatic rings. The van der Waals surface area contributed by atoms with E-state index in [4.69, 9.17) is 23.2 Å². The van der Waals surface area contributed by atoms with Gasteiger partial charge in [-0.15, -0.1) is 11.8 Å². The molecule has 1 aromatic carbocycles. The second-order valence-electron chi connectivity index (χ2n) is 3.83. The maximum Gasteiger partial charge on any atom is 0.0738 e. The van der Waals surface area contributed by atoms with Crippen LogP contribution in [-0.2, 0) is 12.8 Å². The summed E-state index contributed by atoms with van der Waals surface area (Å²) in [6, 6.07) is 5.49. The topological polar surface area (TPSA) is 17.8 Å². The van der Waals surface area contributed by atoms with Crippen molar-refractivity contribution in [3.05, 3.63) is 44.1 Å². The van der Waals surface area contributed by atoms with E-state index >= 15 is 0 Å². The monoisotopic (exact) mass is 364 g/mol. The molecule has 6 heteroatoms. The summed E-state index contributed by atoms with van der Waals surface area (Å²) in [7, 11) is 1.94. The molecule has 0 atom stereocenters. The summed E-state index contributed by atoms with van der Waals surface area (Å²) < 4.78 is 2.93. The minimum Gasteiger partial charge on any atom is -0.270 e. The molecular formula is C12H11BrCl2N2S. The van der Waals surface area contributed by atoms with Crippen molar-refractivity contribution in [1.82, 2.24) is 9.78 Å². The van der Waals surface area contributed by atoms with E-state index in [1.165, 1.54) is 0 Å². The minimum absolute atomic E-state index is 0.696. The Morgan fingerprint density at radius 2 is 2.11 bits per heavy atom. The van der Waals surface area contributed by atoms with E-state index < -0.39 is 0 Å². The van der Waals surface area contributed by atoms with E-state index in [-0.39, 0.29) is 0 Å². The summed E-state index contributed by atoms with van der Waals surface area (Å²) in [6.07, 6.45) is 0. The van der Waals surface area contributed by atoms with Gasteiger partial charge in [0.05, 0.1) is 20.9 Å². The summed E-state index contributed by atoms with van der Waals surface area (Å²) in [5.41, 5.74) is 2.12. The van der Waals surface area contributed by atoms with Gasteiger partial charge in [-0.3, -0.25) is 4.68 Å². The summed E-state index contributed by atoms with van der Waals surface area (Å²) in [4.78, 5) is 0.981. The fourth-order valence-electron chi connectivity index (χ4n) is 1.57. The number of thioether (sulfide) groups is 1. The van der Waals surface area contributed by atoms with E-state index in [9.17, 15) is 0 Å². The van der Waals surface area contributed by atoms with Crippen molar-refractivity contribution in [2.24, 2.45) is 7.05 Å². The number of nitrogens with zero attached hydrogens (tertiary/aromatic N) is 2. The molecule has 18 heavy (non-hydrogen) atoms. The Hall–Kier alpha value is -0.160. The Morgan fingerprint density at radius 3 is 2.72 bits per heavy atom. The number of hydrogen-bond acceptors (Lipinski definition) is 2. The second kappa shape index (κ2) is 5.87. The van der Waals surface area contributed by atoms with Gasteiger partial charge in [0.1, 0.15) is 0 Å². The van der Waals surface area contributed by atoms with Gasteiger partial charge in [-0.2, -0.15) is 5.10 Å². The van der Waals surface area contributed by atoms with Crippen molar-refractivity contribution in [1.29, 1.82) is 0 Å². The molecule has 0 bridgehead atoms. The van der Waals surface area contributed by atoms with E-state index in [0.717, 1.165) is 31.5 Å². The van der Waals surface area contributed by atoms with E-state index in [0.29, 0.717) is 5.02 Å². The summed E-state index contributed by atoms with van der Waals surface area (Å²) in [5, 5.41) is 5.78. The van der Waals surface area contributed by atoms with E-state index in [1.54, 1.807) is 17.8 Å². The first-order valence-corrected chi connectivity index (χ1v) is 7.78. The van der Waals surface area contributed by atoms with E-state index in [2.05, 4.69) is 21.0 Å². The van der Waals surface area contributed by atoms with Gasteiger partial charge in [-0.25, -0.2) is 0 Å². The van der Waals surface area contributed by atoms with Gasteiger partial charge in [-0.1, -0.05) is 23.2 Å². The average molecular weight is 366 g/mol. The molecule has 0 spiro atoms. The van der Waals surface area contributed by atoms with Crippen molar-refractivity contribution in [2.75, 3.05) is 0 Å². The maximum atomic E-state index is 6.13. The molecule has 2 nitrogen and oxygen atoms in total. The normalized spacial score (nSPS) is 10.9. The SMILES string of the molecule is Cc1nn(C)c(CSc2cc(Cl)ccc2Cl)c1Br. The van der Waals surface area contributed by atoms with Crippen LogP contribution in [0, 0.1) is 6.92 Å². The van der Waals surface area contributed by atoms with Crippen molar-refractivity contribution < 1.29 is 0 Å². The zero-order valence-corrected chi connectivity index (χ0v) is 13.8. The van der Waals surface area contributed by atoms with Crippen molar-refractivity contribution >= 4 is 50.9 Å². The van der Waals surface area contributed by atoms with Crippen molar-refractivity contribution in [3.8, 4) is 0 Å².